The molecule has 26 heavy (non-hydrogen) atoms. The normalized spacial score (nSPS) is 13.1. The van der Waals surface area contributed by atoms with Gasteiger partial charge in [0.2, 0.25) is 5.88 Å². The van der Waals surface area contributed by atoms with Crippen LogP contribution in [0.2, 0.25) is 0 Å². The molecule has 0 bridgehead atoms. The van der Waals surface area contributed by atoms with E-state index in [4.69, 9.17) is 10.5 Å². The van der Waals surface area contributed by atoms with Gasteiger partial charge in [0, 0.05) is 12.3 Å². The van der Waals surface area contributed by atoms with E-state index in [2.05, 4.69) is 4.98 Å². The predicted molar refractivity (Wildman–Crippen MR) is 80.3 cm³/mol. The summed E-state index contributed by atoms with van der Waals surface area (Å²) in [5.74, 6) is -1.62. The Hall–Kier alpha value is -2.07. The van der Waals surface area contributed by atoms with Crippen LogP contribution in [-0.4, -0.2) is 11.6 Å². The number of aromatic nitrogens is 1. The fourth-order valence-electron chi connectivity index (χ4n) is 1.90. The molecule has 144 valence electrons. The molecule has 0 fully saturated rings. The lowest BCUT2D eigenvalue weighted by Gasteiger charge is -2.16. The third kappa shape index (κ3) is 5.46. The van der Waals surface area contributed by atoms with E-state index in [1.807, 2.05) is 0 Å². The summed E-state index contributed by atoms with van der Waals surface area (Å²) >= 11 is 0. The Balaban J connectivity index is 0.00000338. The second-order valence-electron chi connectivity index (χ2n) is 5.04. The van der Waals surface area contributed by atoms with Crippen molar-refractivity contribution in [2.24, 2.45) is 5.73 Å². The van der Waals surface area contributed by atoms with Crippen molar-refractivity contribution in [1.82, 2.24) is 4.98 Å². The minimum Gasteiger partial charge on any atom is -0.476 e. The number of hydrogen-bond donors (Lipinski definition) is 1. The van der Waals surface area contributed by atoms with Crippen LogP contribution in [0.25, 0.3) is 0 Å². The summed E-state index contributed by atoms with van der Waals surface area (Å²) in [4.78, 5) is 3.44. The molecule has 11 heteroatoms. The minimum atomic E-state index is -4.88. The predicted octanol–water partition coefficient (Wildman–Crippen LogP) is 4.76. The zero-order chi connectivity index (χ0) is 18.8. The Kier molecular flexibility index (Phi) is 6.83. The van der Waals surface area contributed by atoms with Crippen molar-refractivity contribution in [2.45, 2.75) is 18.4 Å². The zero-order valence-corrected chi connectivity index (χ0v) is 13.6. The van der Waals surface area contributed by atoms with Crippen molar-refractivity contribution >= 4 is 12.4 Å². The van der Waals surface area contributed by atoms with Gasteiger partial charge in [0.1, 0.15) is 12.4 Å². The third-order valence-corrected chi connectivity index (χ3v) is 3.20. The smallest absolute Gasteiger partial charge is 0.419 e. The molecule has 0 amide bonds. The summed E-state index contributed by atoms with van der Waals surface area (Å²) in [5, 5.41) is 0. The number of hydrogen-bond acceptors (Lipinski definition) is 3. The molecule has 2 rings (SSSR count). The van der Waals surface area contributed by atoms with Gasteiger partial charge < -0.3 is 10.5 Å². The van der Waals surface area contributed by atoms with Gasteiger partial charge in [-0.05, 0) is 23.8 Å². The van der Waals surface area contributed by atoms with E-state index in [-0.39, 0.29) is 30.5 Å². The quantitative estimate of drug-likeness (QED) is 0.747. The van der Waals surface area contributed by atoms with Crippen molar-refractivity contribution in [3.05, 3.63) is 59.0 Å². The highest BCUT2D eigenvalue weighted by Gasteiger charge is 2.34. The molecular formula is C15H12ClF7N2O. The highest BCUT2D eigenvalue weighted by molar-refractivity contribution is 5.85. The Morgan fingerprint density at radius 3 is 2.15 bits per heavy atom. The summed E-state index contributed by atoms with van der Waals surface area (Å²) in [6, 6.07) is 2.90. The first-order valence-electron chi connectivity index (χ1n) is 6.77. The molecule has 1 heterocycles. The van der Waals surface area contributed by atoms with Crippen molar-refractivity contribution in [2.75, 3.05) is 6.61 Å². The van der Waals surface area contributed by atoms with Crippen LogP contribution in [0.5, 0.6) is 5.88 Å². The molecule has 2 N–H and O–H groups in total. The zero-order valence-electron chi connectivity index (χ0n) is 12.7. The number of ether oxygens (including phenoxy) is 1. The lowest BCUT2D eigenvalue weighted by molar-refractivity contribution is -0.140. The fourth-order valence-corrected chi connectivity index (χ4v) is 1.90. The lowest BCUT2D eigenvalue weighted by atomic mass is 10.0. The third-order valence-electron chi connectivity index (χ3n) is 3.20. The average Bonchev–Trinajstić information content (AvgIpc) is 2.51. The number of rotatable bonds is 4. The van der Waals surface area contributed by atoms with Gasteiger partial charge in [-0.2, -0.15) is 26.3 Å². The molecule has 1 unspecified atom stereocenters. The van der Waals surface area contributed by atoms with Gasteiger partial charge >= 0.3 is 12.4 Å². The Morgan fingerprint density at radius 1 is 1.00 bits per heavy atom. The lowest BCUT2D eigenvalue weighted by Crippen LogP contribution is -2.20. The van der Waals surface area contributed by atoms with Gasteiger partial charge in [-0.3, -0.25) is 0 Å². The summed E-state index contributed by atoms with van der Waals surface area (Å²) in [6.07, 6.45) is -8.87. The Morgan fingerprint density at radius 2 is 1.65 bits per heavy atom. The second kappa shape index (κ2) is 8.09. The van der Waals surface area contributed by atoms with Crippen LogP contribution in [0.4, 0.5) is 30.7 Å². The van der Waals surface area contributed by atoms with E-state index in [1.165, 1.54) is 0 Å². The maximum absolute atomic E-state index is 13.2. The highest BCUT2D eigenvalue weighted by Crippen LogP contribution is 2.33. The standard InChI is InChI=1S/C15H11F7N2O.ClH/c16-11-3-1-8(5-10(11)15(20,21)22)12(23)7-25-13-4-2-9(6-24-13)14(17,18)19;/h1-6,12H,7,23H2;1H. The summed E-state index contributed by atoms with van der Waals surface area (Å²) < 4.78 is 93.5. The average molecular weight is 405 g/mol. The van der Waals surface area contributed by atoms with Gasteiger partial charge in [0.15, 0.2) is 0 Å². The number of nitrogens with two attached hydrogens (primary N) is 1. The molecule has 0 saturated carbocycles. The first-order chi connectivity index (χ1) is 11.5. The maximum Gasteiger partial charge on any atom is 0.419 e. The van der Waals surface area contributed by atoms with Crippen LogP contribution < -0.4 is 10.5 Å². The van der Waals surface area contributed by atoms with Crippen LogP contribution in [0.15, 0.2) is 36.5 Å². The van der Waals surface area contributed by atoms with E-state index < -0.39 is 35.3 Å². The van der Waals surface area contributed by atoms with Crippen LogP contribution in [0.3, 0.4) is 0 Å². The van der Waals surface area contributed by atoms with E-state index in [0.29, 0.717) is 18.3 Å². The molecule has 3 nitrogen and oxygen atoms in total. The maximum atomic E-state index is 13.2. The first kappa shape index (κ1) is 22.0. The highest BCUT2D eigenvalue weighted by atomic mass is 35.5. The van der Waals surface area contributed by atoms with Crippen LogP contribution in [-0.2, 0) is 12.4 Å². The molecule has 0 saturated heterocycles. The molecule has 1 aromatic heterocycles. The Bertz CT molecular complexity index is 732. The number of benzene rings is 1. The van der Waals surface area contributed by atoms with Crippen molar-refractivity contribution in [1.29, 1.82) is 0 Å². The largest absolute Gasteiger partial charge is 0.476 e. The SMILES string of the molecule is Cl.NC(COc1ccc(C(F)(F)F)cn1)c1ccc(F)c(C(F)(F)F)c1. The molecule has 2 aromatic rings. The monoisotopic (exact) mass is 404 g/mol. The second-order valence-corrected chi connectivity index (χ2v) is 5.04. The number of nitrogens with zero attached hydrogens (tertiary/aromatic N) is 1. The summed E-state index contributed by atoms with van der Waals surface area (Å²) in [7, 11) is 0. The van der Waals surface area contributed by atoms with Gasteiger partial charge in [-0.15, -0.1) is 12.4 Å². The van der Waals surface area contributed by atoms with Crippen molar-refractivity contribution in [3.8, 4) is 5.88 Å². The minimum absolute atomic E-state index is 0. The van der Waals surface area contributed by atoms with Crippen molar-refractivity contribution < 1.29 is 35.5 Å². The Labute approximate surface area is 149 Å². The van der Waals surface area contributed by atoms with E-state index in [1.54, 1.807) is 0 Å². The van der Waals surface area contributed by atoms with E-state index in [0.717, 1.165) is 18.2 Å². The number of halogens is 8. The molecule has 0 aliphatic carbocycles. The molecule has 0 aliphatic heterocycles. The van der Waals surface area contributed by atoms with Gasteiger partial charge in [-0.25, -0.2) is 9.37 Å². The van der Waals surface area contributed by atoms with Crippen LogP contribution in [0, 0.1) is 5.82 Å². The van der Waals surface area contributed by atoms with Gasteiger partial charge in [0.25, 0.3) is 0 Å². The van der Waals surface area contributed by atoms with Gasteiger partial charge in [-0.1, -0.05) is 6.07 Å². The molecule has 0 aliphatic rings. The number of pyridine rings is 1. The first-order valence-corrected chi connectivity index (χ1v) is 6.77. The molecule has 0 radical (unpaired) electrons. The molecule has 1 atom stereocenters. The van der Waals surface area contributed by atoms with Crippen LogP contribution in [0.1, 0.15) is 22.7 Å². The molecule has 1 aromatic carbocycles. The molecular weight excluding hydrogens is 393 g/mol. The van der Waals surface area contributed by atoms with Gasteiger partial charge in [0.05, 0.1) is 17.2 Å². The fraction of sp³-hybridized carbons (Fsp3) is 0.267. The summed E-state index contributed by atoms with van der Waals surface area (Å²) in [6.45, 7) is -0.360. The number of alkyl halides is 6. The van der Waals surface area contributed by atoms with E-state index in [9.17, 15) is 30.7 Å². The summed E-state index contributed by atoms with van der Waals surface area (Å²) in [5.41, 5.74) is 3.20. The van der Waals surface area contributed by atoms with Crippen molar-refractivity contribution in [3.63, 3.8) is 0 Å². The topological polar surface area (TPSA) is 48.1 Å². The van der Waals surface area contributed by atoms with E-state index >= 15 is 0 Å². The molecule has 0 spiro atoms. The van der Waals surface area contributed by atoms with Crippen LogP contribution >= 0.6 is 12.4 Å².